The molecule has 2 heterocycles. The van der Waals surface area contributed by atoms with Gasteiger partial charge in [0.25, 0.3) is 0 Å². The minimum atomic E-state index is 0.0247. The van der Waals surface area contributed by atoms with Crippen molar-refractivity contribution in [3.63, 3.8) is 0 Å². The number of benzene rings is 1. The smallest absolute Gasteiger partial charge is 0.165 e. The van der Waals surface area contributed by atoms with E-state index in [1.807, 2.05) is 28.9 Å². The highest BCUT2D eigenvalue weighted by Gasteiger charge is 2.29. The van der Waals surface area contributed by atoms with Crippen LogP contribution in [0.4, 0.5) is 0 Å². The average Bonchev–Trinajstić information content (AvgIpc) is 3.34. The van der Waals surface area contributed by atoms with Gasteiger partial charge in [-0.25, -0.2) is 4.68 Å². The van der Waals surface area contributed by atoms with E-state index in [2.05, 4.69) is 27.3 Å². The number of hydrogen-bond donors (Lipinski definition) is 0. The van der Waals surface area contributed by atoms with Crippen LogP contribution >= 0.6 is 0 Å². The molecular formula is C17H23N5O2. The Morgan fingerprint density at radius 1 is 1.25 bits per heavy atom. The fraction of sp³-hybridized carbons (Fsp3) is 0.588. The van der Waals surface area contributed by atoms with Crippen LogP contribution in [0.25, 0.3) is 0 Å². The minimum absolute atomic E-state index is 0.0247. The molecule has 4 rings (SSSR count). The van der Waals surface area contributed by atoms with Gasteiger partial charge in [0, 0.05) is 6.54 Å². The number of fused-ring (bicyclic) bond motifs is 1. The Bertz CT molecular complexity index is 685. The van der Waals surface area contributed by atoms with Crippen molar-refractivity contribution in [1.29, 1.82) is 0 Å². The molecule has 2 aromatic rings. The summed E-state index contributed by atoms with van der Waals surface area (Å²) >= 11 is 0. The van der Waals surface area contributed by atoms with Gasteiger partial charge in [-0.3, -0.25) is 4.90 Å². The van der Waals surface area contributed by atoms with Crippen LogP contribution in [-0.2, 0) is 6.54 Å². The fourth-order valence-corrected chi connectivity index (χ4v) is 3.11. The first-order valence-electron chi connectivity index (χ1n) is 8.71. The topological polar surface area (TPSA) is 65.3 Å². The number of nitrogens with zero attached hydrogens (tertiary/aromatic N) is 5. The molecule has 1 aromatic carbocycles. The molecule has 7 nitrogen and oxygen atoms in total. The van der Waals surface area contributed by atoms with Crippen LogP contribution in [-0.4, -0.2) is 50.9 Å². The van der Waals surface area contributed by atoms with Crippen LogP contribution in [0.2, 0.25) is 0 Å². The molecule has 0 amide bonds. The highest BCUT2D eigenvalue weighted by Crippen LogP contribution is 2.34. The number of para-hydroxylation sites is 2. The molecular weight excluding hydrogens is 306 g/mol. The quantitative estimate of drug-likeness (QED) is 0.775. The van der Waals surface area contributed by atoms with Crippen molar-refractivity contribution in [3.05, 3.63) is 30.1 Å². The van der Waals surface area contributed by atoms with Gasteiger partial charge in [0.2, 0.25) is 0 Å². The Kier molecular flexibility index (Phi) is 4.34. The molecule has 1 atom stereocenters. The first-order chi connectivity index (χ1) is 11.8. The van der Waals surface area contributed by atoms with Gasteiger partial charge >= 0.3 is 0 Å². The third-order valence-corrected chi connectivity index (χ3v) is 4.39. The molecule has 7 heteroatoms. The maximum Gasteiger partial charge on any atom is 0.165 e. The first-order valence-corrected chi connectivity index (χ1v) is 8.71. The molecule has 1 aliphatic heterocycles. The van der Waals surface area contributed by atoms with Crippen molar-refractivity contribution in [2.75, 3.05) is 19.7 Å². The SMILES string of the molecule is CCCN(Cc1nnnn1C1CC1)C[C@@H]1COc2ccccc2O1. The van der Waals surface area contributed by atoms with Gasteiger partial charge in [-0.1, -0.05) is 19.1 Å². The Balaban J connectivity index is 1.41. The number of tetrazole rings is 1. The third-order valence-electron chi connectivity index (χ3n) is 4.39. The maximum atomic E-state index is 6.09. The van der Waals surface area contributed by atoms with E-state index in [-0.39, 0.29) is 6.10 Å². The summed E-state index contributed by atoms with van der Waals surface area (Å²) in [6.45, 7) is 5.30. The van der Waals surface area contributed by atoms with Crippen molar-refractivity contribution >= 4 is 0 Å². The Morgan fingerprint density at radius 2 is 2.08 bits per heavy atom. The molecule has 1 fully saturated rings. The second-order valence-electron chi connectivity index (χ2n) is 6.50. The van der Waals surface area contributed by atoms with Crippen molar-refractivity contribution < 1.29 is 9.47 Å². The minimum Gasteiger partial charge on any atom is -0.486 e. The monoisotopic (exact) mass is 329 g/mol. The standard InChI is InChI=1S/C17H23N5O2/c1-2-9-21(11-17-18-19-20-22(17)13-7-8-13)10-14-12-23-15-5-3-4-6-16(15)24-14/h3-6,13-14H,2,7-12H2,1H3/t14-/m1/s1. The normalized spacial score (nSPS) is 19.7. The van der Waals surface area contributed by atoms with E-state index >= 15 is 0 Å². The number of hydrogen-bond acceptors (Lipinski definition) is 6. The van der Waals surface area contributed by atoms with Gasteiger partial charge in [0.15, 0.2) is 17.3 Å². The molecule has 0 saturated heterocycles. The summed E-state index contributed by atoms with van der Waals surface area (Å²) in [4.78, 5) is 2.35. The first kappa shape index (κ1) is 15.4. The van der Waals surface area contributed by atoms with Gasteiger partial charge < -0.3 is 9.47 Å². The summed E-state index contributed by atoms with van der Waals surface area (Å²) in [6.07, 6.45) is 3.47. The molecule has 1 aliphatic carbocycles. The lowest BCUT2D eigenvalue weighted by Gasteiger charge is -2.31. The van der Waals surface area contributed by atoms with Crippen molar-refractivity contribution in [2.45, 2.75) is 44.9 Å². The second kappa shape index (κ2) is 6.76. The molecule has 1 aromatic heterocycles. The van der Waals surface area contributed by atoms with Crippen molar-refractivity contribution in [3.8, 4) is 11.5 Å². The van der Waals surface area contributed by atoms with E-state index in [4.69, 9.17) is 9.47 Å². The molecule has 24 heavy (non-hydrogen) atoms. The molecule has 1 saturated carbocycles. The Labute approximate surface area is 141 Å². The zero-order valence-corrected chi connectivity index (χ0v) is 14.0. The van der Waals surface area contributed by atoms with Gasteiger partial charge in [0.1, 0.15) is 12.7 Å². The van der Waals surface area contributed by atoms with Gasteiger partial charge in [-0.2, -0.15) is 0 Å². The van der Waals surface area contributed by atoms with Gasteiger partial charge in [0.05, 0.1) is 12.6 Å². The molecule has 0 radical (unpaired) electrons. The summed E-state index contributed by atoms with van der Waals surface area (Å²) in [5.74, 6) is 2.60. The highest BCUT2D eigenvalue weighted by molar-refractivity contribution is 5.40. The van der Waals surface area contributed by atoms with E-state index in [9.17, 15) is 0 Å². The summed E-state index contributed by atoms with van der Waals surface area (Å²) in [5, 5.41) is 12.2. The van der Waals surface area contributed by atoms with Crippen LogP contribution in [0.1, 0.15) is 38.1 Å². The summed E-state index contributed by atoms with van der Waals surface area (Å²) in [6, 6.07) is 8.33. The molecule has 2 aliphatic rings. The Hall–Kier alpha value is -2.15. The molecule has 0 unspecified atom stereocenters. The van der Waals surface area contributed by atoms with Gasteiger partial charge in [-0.05, 0) is 48.4 Å². The number of rotatable bonds is 7. The van der Waals surface area contributed by atoms with Crippen LogP contribution in [0.3, 0.4) is 0 Å². The maximum absolute atomic E-state index is 6.09. The van der Waals surface area contributed by atoms with E-state index in [0.717, 1.165) is 43.4 Å². The van der Waals surface area contributed by atoms with Crippen LogP contribution in [0.5, 0.6) is 11.5 Å². The van der Waals surface area contributed by atoms with Crippen molar-refractivity contribution in [1.82, 2.24) is 25.1 Å². The molecule has 0 spiro atoms. The predicted octanol–water partition coefficient (Wildman–Crippen LogP) is 2.06. The van der Waals surface area contributed by atoms with E-state index in [1.165, 1.54) is 12.8 Å². The number of ether oxygens (including phenoxy) is 2. The van der Waals surface area contributed by atoms with Crippen LogP contribution in [0.15, 0.2) is 24.3 Å². The third kappa shape index (κ3) is 3.36. The lowest BCUT2D eigenvalue weighted by molar-refractivity contribution is 0.0553. The molecule has 128 valence electrons. The molecule has 0 bridgehead atoms. The highest BCUT2D eigenvalue weighted by atomic mass is 16.6. The summed E-state index contributed by atoms with van der Waals surface area (Å²) < 4.78 is 13.9. The largest absolute Gasteiger partial charge is 0.486 e. The van der Waals surface area contributed by atoms with Crippen LogP contribution in [0, 0.1) is 0 Å². The zero-order valence-electron chi connectivity index (χ0n) is 14.0. The lowest BCUT2D eigenvalue weighted by Crippen LogP contribution is -2.41. The zero-order chi connectivity index (χ0) is 16.4. The average molecular weight is 329 g/mol. The fourth-order valence-electron chi connectivity index (χ4n) is 3.11. The van der Waals surface area contributed by atoms with Crippen molar-refractivity contribution in [2.24, 2.45) is 0 Å². The number of aromatic nitrogens is 4. The van der Waals surface area contributed by atoms with Gasteiger partial charge in [-0.15, -0.1) is 5.10 Å². The molecule has 0 N–H and O–H groups in total. The second-order valence-corrected chi connectivity index (χ2v) is 6.50. The Morgan fingerprint density at radius 3 is 2.88 bits per heavy atom. The lowest BCUT2D eigenvalue weighted by atomic mass is 10.2. The predicted molar refractivity (Wildman–Crippen MR) is 88.0 cm³/mol. The summed E-state index contributed by atoms with van der Waals surface area (Å²) in [7, 11) is 0. The summed E-state index contributed by atoms with van der Waals surface area (Å²) in [5.41, 5.74) is 0. The van der Waals surface area contributed by atoms with Crippen LogP contribution < -0.4 is 9.47 Å². The van der Waals surface area contributed by atoms with E-state index in [0.29, 0.717) is 12.6 Å². The van der Waals surface area contributed by atoms with E-state index < -0.39 is 0 Å². The van der Waals surface area contributed by atoms with E-state index in [1.54, 1.807) is 0 Å².